The van der Waals surface area contributed by atoms with Crippen molar-refractivity contribution in [3.63, 3.8) is 0 Å². The Morgan fingerprint density at radius 2 is 1.71 bits per heavy atom. The molecule has 9 nitrogen and oxygen atoms in total. The van der Waals surface area contributed by atoms with E-state index in [4.69, 9.17) is 21.1 Å². The van der Waals surface area contributed by atoms with Gasteiger partial charge in [-0.1, -0.05) is 48.0 Å². The fourth-order valence-electron chi connectivity index (χ4n) is 3.37. The number of esters is 2. The summed E-state index contributed by atoms with van der Waals surface area (Å²) in [6.45, 7) is 1.17. The first-order valence-electron chi connectivity index (χ1n) is 10.4. The number of hydrogen-bond donors (Lipinski definition) is 2. The molecule has 0 spiro atoms. The smallest absolute Gasteiger partial charge is 0.359 e. The van der Waals surface area contributed by atoms with E-state index in [1.807, 2.05) is 0 Å². The van der Waals surface area contributed by atoms with E-state index < -0.39 is 30.0 Å². The molecule has 0 radical (unpaired) electrons. The van der Waals surface area contributed by atoms with Crippen molar-refractivity contribution in [1.29, 1.82) is 0 Å². The highest BCUT2D eigenvalue weighted by molar-refractivity contribution is 7.15. The van der Waals surface area contributed by atoms with Gasteiger partial charge in [0.1, 0.15) is 10.6 Å². The number of amides is 1. The molecule has 0 atom stereocenters. The van der Waals surface area contributed by atoms with Crippen LogP contribution in [-0.2, 0) is 14.3 Å². The molecule has 0 saturated heterocycles. The molecule has 0 aliphatic rings. The van der Waals surface area contributed by atoms with Crippen molar-refractivity contribution in [2.75, 3.05) is 18.5 Å². The number of fused-ring (bicyclic) bond motifs is 1. The third-order valence-corrected chi connectivity index (χ3v) is 6.14. The zero-order valence-electron chi connectivity index (χ0n) is 18.3. The number of ether oxygens (including phenoxy) is 2. The number of H-pyrrole nitrogens is 1. The third-order valence-electron chi connectivity index (χ3n) is 4.91. The van der Waals surface area contributed by atoms with E-state index in [-0.39, 0.29) is 28.3 Å². The molecule has 0 bridgehead atoms. The largest absolute Gasteiger partial charge is 0.462 e. The quantitative estimate of drug-likeness (QED) is 0.354. The Balaban J connectivity index is 1.53. The van der Waals surface area contributed by atoms with Gasteiger partial charge in [-0.2, -0.15) is 5.10 Å². The van der Waals surface area contributed by atoms with Crippen molar-refractivity contribution in [2.45, 2.75) is 6.92 Å². The van der Waals surface area contributed by atoms with Gasteiger partial charge in [0, 0.05) is 26.9 Å². The Hall–Kier alpha value is -4.02. The van der Waals surface area contributed by atoms with Crippen molar-refractivity contribution in [3.8, 4) is 11.1 Å². The van der Waals surface area contributed by atoms with E-state index in [0.717, 1.165) is 11.3 Å². The Morgan fingerprint density at radius 3 is 2.46 bits per heavy atom. The lowest BCUT2D eigenvalue weighted by atomic mass is 10.0. The summed E-state index contributed by atoms with van der Waals surface area (Å²) < 4.78 is 10.3. The van der Waals surface area contributed by atoms with Gasteiger partial charge in [0.05, 0.1) is 12.0 Å². The molecule has 0 fully saturated rings. The van der Waals surface area contributed by atoms with E-state index >= 15 is 0 Å². The average molecular weight is 512 g/mol. The predicted octanol–water partition coefficient (Wildman–Crippen LogP) is 4.28. The molecule has 0 saturated carbocycles. The Morgan fingerprint density at radius 1 is 1.00 bits per heavy atom. The fourth-order valence-corrected chi connectivity index (χ4v) is 4.57. The number of carbonyl (C=O) groups is 3. The molecule has 2 aromatic heterocycles. The Bertz CT molecular complexity index is 1500. The second-order valence-corrected chi connectivity index (χ2v) is 8.41. The first-order chi connectivity index (χ1) is 16.9. The zero-order chi connectivity index (χ0) is 24.9. The van der Waals surface area contributed by atoms with Gasteiger partial charge in [-0.05, 0) is 19.1 Å². The molecule has 11 heteroatoms. The predicted molar refractivity (Wildman–Crippen MR) is 132 cm³/mol. The maximum atomic E-state index is 12.7. The number of halogens is 1. The molecule has 0 aliphatic heterocycles. The van der Waals surface area contributed by atoms with Crippen LogP contribution in [0.15, 0.2) is 58.7 Å². The van der Waals surface area contributed by atoms with Gasteiger partial charge >= 0.3 is 11.9 Å². The lowest BCUT2D eigenvalue weighted by molar-refractivity contribution is -0.119. The second-order valence-electron chi connectivity index (χ2n) is 7.13. The van der Waals surface area contributed by atoms with Crippen molar-refractivity contribution in [1.82, 2.24) is 10.2 Å². The van der Waals surface area contributed by atoms with Gasteiger partial charge in [-0.25, -0.2) is 14.7 Å². The molecule has 35 heavy (non-hydrogen) atoms. The van der Waals surface area contributed by atoms with Crippen LogP contribution in [0.2, 0.25) is 5.02 Å². The first-order valence-corrected chi connectivity index (χ1v) is 11.6. The monoisotopic (exact) mass is 511 g/mol. The van der Waals surface area contributed by atoms with E-state index in [1.165, 1.54) is 0 Å². The molecular formula is C24H18ClN3O6S. The number of hydrogen-bond acceptors (Lipinski definition) is 8. The van der Waals surface area contributed by atoms with Crippen LogP contribution in [-0.4, -0.2) is 41.3 Å². The number of aromatic amines is 1. The van der Waals surface area contributed by atoms with Gasteiger partial charge in [0.15, 0.2) is 12.3 Å². The van der Waals surface area contributed by atoms with Crippen LogP contribution in [0.4, 0.5) is 5.00 Å². The minimum Gasteiger partial charge on any atom is -0.462 e. The molecule has 2 aromatic carbocycles. The van der Waals surface area contributed by atoms with Gasteiger partial charge in [0.2, 0.25) is 0 Å². The highest BCUT2D eigenvalue weighted by atomic mass is 35.5. The normalized spacial score (nSPS) is 10.7. The SMILES string of the molecule is CCOC(=O)c1c(-c2ccccc2Cl)csc1NC(=O)COC(=O)c1n[nH]c(=O)c2ccccc12. The molecule has 2 heterocycles. The summed E-state index contributed by atoms with van der Waals surface area (Å²) in [5, 5.41) is 11.5. The number of anilines is 1. The fraction of sp³-hybridized carbons (Fsp3) is 0.125. The number of carbonyl (C=O) groups excluding carboxylic acids is 3. The highest BCUT2D eigenvalue weighted by Gasteiger charge is 2.24. The van der Waals surface area contributed by atoms with Crippen LogP contribution in [0.3, 0.4) is 0 Å². The van der Waals surface area contributed by atoms with Crippen LogP contribution < -0.4 is 10.9 Å². The third kappa shape index (κ3) is 5.08. The molecule has 178 valence electrons. The minimum atomic E-state index is -0.888. The molecule has 0 aliphatic carbocycles. The lowest BCUT2D eigenvalue weighted by Crippen LogP contribution is -2.23. The van der Waals surface area contributed by atoms with E-state index in [1.54, 1.807) is 60.8 Å². The van der Waals surface area contributed by atoms with Gasteiger partial charge < -0.3 is 14.8 Å². The van der Waals surface area contributed by atoms with E-state index in [2.05, 4.69) is 15.5 Å². The van der Waals surface area contributed by atoms with E-state index in [0.29, 0.717) is 21.5 Å². The molecule has 2 N–H and O–H groups in total. The summed E-state index contributed by atoms with van der Waals surface area (Å²) in [4.78, 5) is 49.7. The summed E-state index contributed by atoms with van der Waals surface area (Å²) in [6.07, 6.45) is 0. The molecule has 1 amide bonds. The maximum absolute atomic E-state index is 12.7. The van der Waals surface area contributed by atoms with Crippen molar-refractivity contribution in [2.24, 2.45) is 0 Å². The number of nitrogens with one attached hydrogen (secondary N) is 2. The summed E-state index contributed by atoms with van der Waals surface area (Å²) in [6, 6.07) is 13.4. The summed E-state index contributed by atoms with van der Waals surface area (Å²) >= 11 is 7.41. The molecule has 4 rings (SSSR count). The second kappa shape index (κ2) is 10.5. The van der Waals surface area contributed by atoms with Gasteiger partial charge in [-0.15, -0.1) is 11.3 Å². The summed E-state index contributed by atoms with van der Waals surface area (Å²) in [5.74, 6) is -2.19. The number of aromatic nitrogens is 2. The topological polar surface area (TPSA) is 127 Å². The summed E-state index contributed by atoms with van der Waals surface area (Å²) in [7, 11) is 0. The van der Waals surface area contributed by atoms with Gasteiger partial charge in [0.25, 0.3) is 11.5 Å². The van der Waals surface area contributed by atoms with Crippen LogP contribution in [0.25, 0.3) is 21.9 Å². The van der Waals surface area contributed by atoms with Crippen LogP contribution in [0.1, 0.15) is 27.8 Å². The van der Waals surface area contributed by atoms with Crippen LogP contribution in [0.5, 0.6) is 0 Å². The highest BCUT2D eigenvalue weighted by Crippen LogP contribution is 2.39. The standard InChI is InChI=1S/C24H18ClN3O6S/c1-2-33-23(31)19-16(13-7-5-6-10-17(13)25)12-35-22(19)26-18(29)11-34-24(32)20-14-8-3-4-9-15(14)21(30)28-27-20/h3-10,12H,2,11H2,1H3,(H,26,29)(H,28,30). The van der Waals surface area contributed by atoms with Crippen molar-refractivity contribution in [3.05, 3.63) is 80.5 Å². The number of thiophene rings is 1. The molecule has 0 unspecified atom stereocenters. The summed E-state index contributed by atoms with van der Waals surface area (Å²) in [5.41, 5.74) is 0.690. The lowest BCUT2D eigenvalue weighted by Gasteiger charge is -2.10. The van der Waals surface area contributed by atoms with Gasteiger partial charge in [-0.3, -0.25) is 9.59 Å². The van der Waals surface area contributed by atoms with E-state index in [9.17, 15) is 19.2 Å². The molecular weight excluding hydrogens is 494 g/mol. The molecule has 4 aromatic rings. The average Bonchev–Trinajstić information content (AvgIpc) is 3.26. The zero-order valence-corrected chi connectivity index (χ0v) is 19.9. The number of rotatable bonds is 7. The van der Waals surface area contributed by atoms with Crippen molar-refractivity contribution >= 4 is 56.6 Å². The number of benzene rings is 2. The maximum Gasteiger partial charge on any atom is 0.359 e. The Kier molecular flexibility index (Phi) is 7.23. The van der Waals surface area contributed by atoms with Crippen LogP contribution >= 0.6 is 22.9 Å². The number of nitrogens with zero attached hydrogens (tertiary/aromatic N) is 1. The first kappa shape index (κ1) is 24.1. The Labute approximate surface area is 207 Å². The van der Waals surface area contributed by atoms with Crippen molar-refractivity contribution < 1.29 is 23.9 Å². The van der Waals surface area contributed by atoms with Crippen LogP contribution in [0, 0.1) is 0 Å². The minimum absolute atomic E-state index is 0.127.